The highest BCUT2D eigenvalue weighted by Gasteiger charge is 2.30. The number of aldehydes is 1. The van der Waals surface area contributed by atoms with E-state index in [4.69, 9.17) is 11.6 Å². The summed E-state index contributed by atoms with van der Waals surface area (Å²) in [4.78, 5) is 15.8. The van der Waals surface area contributed by atoms with Crippen LogP contribution >= 0.6 is 27.5 Å². The molecule has 0 saturated carbocycles. The third-order valence-electron chi connectivity index (χ3n) is 2.93. The molecule has 0 bridgehead atoms. The summed E-state index contributed by atoms with van der Waals surface area (Å²) >= 11 is 9.26. The van der Waals surface area contributed by atoms with E-state index in [9.17, 15) is 4.79 Å². The van der Waals surface area contributed by atoms with Crippen LogP contribution in [0.15, 0.2) is 47.1 Å². The molecule has 1 unspecified atom stereocenters. The maximum absolute atomic E-state index is 11.5. The largest absolute Gasteiger partial charge is 0.302 e. The molecule has 2 rings (SSSR count). The fourth-order valence-corrected chi connectivity index (χ4v) is 2.22. The Kier molecular flexibility index (Phi) is 3.83. The van der Waals surface area contributed by atoms with Crippen molar-refractivity contribution >= 4 is 33.8 Å². The first-order valence-corrected chi connectivity index (χ1v) is 6.58. The SMILES string of the molecule is CC(C=O)(c1ccc(Cl)cc1)c1cc(Br)ccn1. The predicted molar refractivity (Wildman–Crippen MR) is 75.9 cm³/mol. The van der Waals surface area contributed by atoms with Crippen molar-refractivity contribution in [2.45, 2.75) is 12.3 Å². The Morgan fingerprint density at radius 1 is 1.28 bits per heavy atom. The molecule has 0 fully saturated rings. The van der Waals surface area contributed by atoms with Gasteiger partial charge >= 0.3 is 0 Å². The number of benzene rings is 1. The lowest BCUT2D eigenvalue weighted by Crippen LogP contribution is -2.26. The topological polar surface area (TPSA) is 30.0 Å². The van der Waals surface area contributed by atoms with Gasteiger partial charge in [-0.15, -0.1) is 0 Å². The van der Waals surface area contributed by atoms with Crippen LogP contribution < -0.4 is 0 Å². The normalized spacial score (nSPS) is 13.9. The number of pyridine rings is 1. The van der Waals surface area contributed by atoms with Crippen LogP contribution in [0.4, 0.5) is 0 Å². The van der Waals surface area contributed by atoms with Gasteiger partial charge in [0.2, 0.25) is 0 Å². The molecule has 92 valence electrons. The summed E-state index contributed by atoms with van der Waals surface area (Å²) in [5.41, 5.74) is 0.802. The lowest BCUT2D eigenvalue weighted by Gasteiger charge is -2.23. The second-order valence-electron chi connectivity index (χ2n) is 4.19. The number of carbonyl (C=O) groups is 1. The molecule has 0 amide bonds. The second-order valence-corrected chi connectivity index (χ2v) is 5.54. The number of aromatic nitrogens is 1. The Hall–Kier alpha value is -1.19. The van der Waals surface area contributed by atoms with Crippen LogP contribution in [0.25, 0.3) is 0 Å². The van der Waals surface area contributed by atoms with Crippen molar-refractivity contribution in [1.29, 1.82) is 0 Å². The van der Waals surface area contributed by atoms with Gasteiger partial charge in [-0.2, -0.15) is 0 Å². The highest BCUT2D eigenvalue weighted by atomic mass is 79.9. The average Bonchev–Trinajstić information content (AvgIpc) is 2.38. The zero-order valence-electron chi connectivity index (χ0n) is 9.73. The summed E-state index contributed by atoms with van der Waals surface area (Å²) in [6, 6.07) is 10.9. The van der Waals surface area contributed by atoms with Crippen LogP contribution in [0.1, 0.15) is 18.2 Å². The zero-order chi connectivity index (χ0) is 13.2. The summed E-state index contributed by atoms with van der Waals surface area (Å²) < 4.78 is 0.898. The van der Waals surface area contributed by atoms with E-state index in [1.54, 1.807) is 18.3 Å². The van der Waals surface area contributed by atoms with E-state index < -0.39 is 5.41 Å². The summed E-state index contributed by atoms with van der Waals surface area (Å²) in [6.45, 7) is 1.85. The number of hydrogen-bond acceptors (Lipinski definition) is 2. The maximum Gasteiger partial charge on any atom is 0.136 e. The molecule has 1 aromatic carbocycles. The van der Waals surface area contributed by atoms with Crippen molar-refractivity contribution in [3.05, 3.63) is 63.3 Å². The van der Waals surface area contributed by atoms with Gasteiger partial charge in [-0.1, -0.05) is 39.7 Å². The monoisotopic (exact) mass is 323 g/mol. The molecular weight excluding hydrogens is 314 g/mol. The van der Waals surface area contributed by atoms with E-state index >= 15 is 0 Å². The molecular formula is C14H11BrClNO. The third-order valence-corrected chi connectivity index (χ3v) is 3.68. The van der Waals surface area contributed by atoms with Crippen LogP contribution in [-0.2, 0) is 10.2 Å². The molecule has 2 aromatic rings. The fraction of sp³-hybridized carbons (Fsp3) is 0.143. The van der Waals surface area contributed by atoms with Gasteiger partial charge in [0, 0.05) is 15.7 Å². The second kappa shape index (κ2) is 5.21. The van der Waals surface area contributed by atoms with E-state index in [0.29, 0.717) is 10.7 Å². The highest BCUT2D eigenvalue weighted by molar-refractivity contribution is 9.10. The van der Waals surface area contributed by atoms with E-state index in [1.165, 1.54) is 0 Å². The molecule has 1 atom stereocenters. The number of halogens is 2. The average molecular weight is 325 g/mol. The van der Waals surface area contributed by atoms with Crippen LogP contribution in [0.5, 0.6) is 0 Å². The van der Waals surface area contributed by atoms with E-state index in [1.807, 2.05) is 31.2 Å². The lowest BCUT2D eigenvalue weighted by molar-refractivity contribution is -0.111. The van der Waals surface area contributed by atoms with Crippen LogP contribution in [-0.4, -0.2) is 11.3 Å². The fourth-order valence-electron chi connectivity index (χ4n) is 1.76. The molecule has 1 heterocycles. The Morgan fingerprint density at radius 3 is 2.50 bits per heavy atom. The van der Waals surface area contributed by atoms with Gasteiger partial charge in [0.25, 0.3) is 0 Å². The van der Waals surface area contributed by atoms with Gasteiger partial charge in [-0.25, -0.2) is 0 Å². The first-order chi connectivity index (χ1) is 8.56. The van der Waals surface area contributed by atoms with Crippen molar-refractivity contribution in [1.82, 2.24) is 4.98 Å². The van der Waals surface area contributed by atoms with Crippen molar-refractivity contribution < 1.29 is 4.79 Å². The van der Waals surface area contributed by atoms with E-state index in [2.05, 4.69) is 20.9 Å². The van der Waals surface area contributed by atoms with Gasteiger partial charge in [0.05, 0.1) is 11.1 Å². The van der Waals surface area contributed by atoms with Crippen LogP contribution in [0.3, 0.4) is 0 Å². The number of rotatable bonds is 3. The Labute approximate surface area is 119 Å². The first-order valence-electron chi connectivity index (χ1n) is 5.40. The first kappa shape index (κ1) is 13.2. The maximum atomic E-state index is 11.5. The van der Waals surface area contributed by atoms with Gasteiger partial charge in [-0.05, 0) is 36.8 Å². The van der Waals surface area contributed by atoms with Crippen molar-refractivity contribution in [3.63, 3.8) is 0 Å². The predicted octanol–water partition coefficient (Wildman–Crippen LogP) is 4.00. The van der Waals surface area contributed by atoms with E-state index in [-0.39, 0.29) is 0 Å². The Morgan fingerprint density at radius 2 is 1.94 bits per heavy atom. The lowest BCUT2D eigenvalue weighted by atomic mass is 9.80. The molecule has 0 aliphatic rings. The number of nitrogens with zero attached hydrogens (tertiary/aromatic N) is 1. The minimum Gasteiger partial charge on any atom is -0.302 e. The molecule has 0 N–H and O–H groups in total. The number of carbonyl (C=O) groups excluding carboxylic acids is 1. The summed E-state index contributed by atoms with van der Waals surface area (Å²) in [6.07, 6.45) is 2.59. The van der Waals surface area contributed by atoms with E-state index in [0.717, 1.165) is 16.3 Å². The minimum atomic E-state index is -0.769. The smallest absolute Gasteiger partial charge is 0.136 e. The molecule has 0 radical (unpaired) electrons. The van der Waals surface area contributed by atoms with Crippen molar-refractivity contribution in [2.24, 2.45) is 0 Å². The summed E-state index contributed by atoms with van der Waals surface area (Å²) in [5.74, 6) is 0. The Balaban J connectivity index is 2.54. The molecule has 4 heteroatoms. The van der Waals surface area contributed by atoms with Crippen LogP contribution in [0.2, 0.25) is 5.02 Å². The van der Waals surface area contributed by atoms with Crippen molar-refractivity contribution in [3.8, 4) is 0 Å². The molecule has 1 aromatic heterocycles. The minimum absolute atomic E-state index is 0.647. The quantitative estimate of drug-likeness (QED) is 0.799. The molecule has 18 heavy (non-hydrogen) atoms. The zero-order valence-corrected chi connectivity index (χ0v) is 12.1. The van der Waals surface area contributed by atoms with Gasteiger partial charge in [0.1, 0.15) is 6.29 Å². The molecule has 2 nitrogen and oxygen atoms in total. The van der Waals surface area contributed by atoms with Crippen LogP contribution in [0, 0.1) is 0 Å². The third kappa shape index (κ3) is 2.47. The van der Waals surface area contributed by atoms with Crippen molar-refractivity contribution in [2.75, 3.05) is 0 Å². The Bertz CT molecular complexity index is 570. The molecule has 0 aliphatic heterocycles. The molecule has 0 spiro atoms. The standard InChI is InChI=1S/C14H11BrClNO/c1-14(9-18,10-2-4-12(16)5-3-10)13-8-11(15)6-7-17-13/h2-9H,1H3. The molecule has 0 saturated heterocycles. The number of hydrogen-bond donors (Lipinski definition) is 0. The van der Waals surface area contributed by atoms with Gasteiger partial charge in [0.15, 0.2) is 0 Å². The highest BCUT2D eigenvalue weighted by Crippen LogP contribution is 2.30. The molecule has 0 aliphatic carbocycles. The van der Waals surface area contributed by atoms with Gasteiger partial charge in [-0.3, -0.25) is 4.98 Å². The van der Waals surface area contributed by atoms with Gasteiger partial charge < -0.3 is 4.79 Å². The summed E-state index contributed by atoms with van der Waals surface area (Å²) in [7, 11) is 0. The summed E-state index contributed by atoms with van der Waals surface area (Å²) in [5, 5.41) is 0.647.